The van der Waals surface area contributed by atoms with Gasteiger partial charge in [0.15, 0.2) is 0 Å². The quantitative estimate of drug-likeness (QED) is 0.353. The molecule has 0 aromatic heterocycles. The SMILES string of the molecule is CCCC/C=C/CCCCCCCO[C@H]1[C@H](O)[C@@H](O)CO[C@@H]1CO. The summed E-state index contributed by atoms with van der Waals surface area (Å²) in [6.07, 6.45) is 12.0. The average molecular weight is 344 g/mol. The number of ether oxygens (including phenoxy) is 2. The van der Waals surface area contributed by atoms with E-state index in [1.165, 1.54) is 44.9 Å². The van der Waals surface area contributed by atoms with E-state index in [1.807, 2.05) is 0 Å². The van der Waals surface area contributed by atoms with Gasteiger partial charge in [0.1, 0.15) is 24.4 Å². The monoisotopic (exact) mass is 344 g/mol. The maximum atomic E-state index is 9.94. The third kappa shape index (κ3) is 8.58. The molecule has 1 rings (SSSR count). The van der Waals surface area contributed by atoms with Crippen LogP contribution in [0.1, 0.15) is 64.7 Å². The fourth-order valence-electron chi connectivity index (χ4n) is 2.89. The molecular formula is C19H36O5. The van der Waals surface area contributed by atoms with E-state index in [-0.39, 0.29) is 13.2 Å². The van der Waals surface area contributed by atoms with Crippen LogP contribution >= 0.6 is 0 Å². The standard InChI is InChI=1S/C19H36O5/c1-2-3-4-5-6-7-8-9-10-11-12-13-23-19-17(14-20)24-15-16(21)18(19)22/h5-6,16-22H,2-4,7-15H2,1H3/b6-5+/t16-,17+,18+,19+/m0/s1. The minimum absolute atomic E-state index is 0.0408. The van der Waals surface area contributed by atoms with E-state index in [2.05, 4.69) is 19.1 Å². The van der Waals surface area contributed by atoms with Gasteiger partial charge < -0.3 is 24.8 Å². The zero-order valence-electron chi connectivity index (χ0n) is 15.1. The molecule has 0 bridgehead atoms. The summed E-state index contributed by atoms with van der Waals surface area (Å²) in [7, 11) is 0. The second kappa shape index (κ2) is 13.8. The number of allylic oxidation sites excluding steroid dienone is 2. The van der Waals surface area contributed by atoms with Crippen molar-refractivity contribution in [2.24, 2.45) is 0 Å². The number of hydrogen-bond acceptors (Lipinski definition) is 5. The first kappa shape index (κ1) is 21.6. The molecule has 4 atom stereocenters. The van der Waals surface area contributed by atoms with Crippen molar-refractivity contribution < 1.29 is 24.8 Å². The molecular weight excluding hydrogens is 308 g/mol. The molecule has 0 aromatic carbocycles. The fourth-order valence-corrected chi connectivity index (χ4v) is 2.89. The van der Waals surface area contributed by atoms with E-state index in [9.17, 15) is 15.3 Å². The smallest absolute Gasteiger partial charge is 0.114 e. The molecule has 0 unspecified atom stereocenters. The van der Waals surface area contributed by atoms with Crippen LogP contribution in [0.15, 0.2) is 12.2 Å². The van der Waals surface area contributed by atoms with Crippen molar-refractivity contribution >= 4 is 0 Å². The van der Waals surface area contributed by atoms with E-state index in [1.54, 1.807) is 0 Å². The lowest BCUT2D eigenvalue weighted by molar-refractivity contribution is -0.211. The molecule has 5 nitrogen and oxygen atoms in total. The second-order valence-electron chi connectivity index (χ2n) is 6.62. The molecule has 0 aromatic rings. The molecule has 1 aliphatic rings. The van der Waals surface area contributed by atoms with Gasteiger partial charge in [-0.15, -0.1) is 0 Å². The van der Waals surface area contributed by atoms with Gasteiger partial charge in [-0.3, -0.25) is 0 Å². The number of unbranched alkanes of at least 4 members (excludes halogenated alkanes) is 7. The Morgan fingerprint density at radius 2 is 1.67 bits per heavy atom. The Hall–Kier alpha value is -0.460. The predicted octanol–water partition coefficient (Wildman–Crippen LogP) is 2.57. The second-order valence-corrected chi connectivity index (χ2v) is 6.62. The van der Waals surface area contributed by atoms with Gasteiger partial charge in [-0.2, -0.15) is 0 Å². The van der Waals surface area contributed by atoms with Crippen LogP contribution in [-0.2, 0) is 9.47 Å². The van der Waals surface area contributed by atoms with Gasteiger partial charge in [0, 0.05) is 6.61 Å². The molecule has 5 heteroatoms. The van der Waals surface area contributed by atoms with Gasteiger partial charge in [-0.1, -0.05) is 51.2 Å². The highest BCUT2D eigenvalue weighted by atomic mass is 16.6. The maximum absolute atomic E-state index is 9.94. The van der Waals surface area contributed by atoms with Crippen LogP contribution in [0.25, 0.3) is 0 Å². The summed E-state index contributed by atoms with van der Waals surface area (Å²) < 4.78 is 10.9. The fraction of sp³-hybridized carbons (Fsp3) is 0.895. The first-order chi connectivity index (χ1) is 11.7. The summed E-state index contributed by atoms with van der Waals surface area (Å²) in [4.78, 5) is 0. The van der Waals surface area contributed by atoms with Gasteiger partial charge in [0.05, 0.1) is 13.2 Å². The maximum Gasteiger partial charge on any atom is 0.114 e. The Balaban J connectivity index is 2.00. The summed E-state index contributed by atoms with van der Waals surface area (Å²) in [6.45, 7) is 2.57. The third-order valence-electron chi connectivity index (χ3n) is 4.47. The minimum atomic E-state index is -0.990. The Morgan fingerprint density at radius 1 is 1.00 bits per heavy atom. The predicted molar refractivity (Wildman–Crippen MR) is 94.9 cm³/mol. The van der Waals surface area contributed by atoms with Gasteiger partial charge in [-0.25, -0.2) is 0 Å². The van der Waals surface area contributed by atoms with Gasteiger partial charge >= 0.3 is 0 Å². The Bertz CT molecular complexity index is 319. The molecule has 0 saturated carbocycles. The van der Waals surface area contributed by atoms with Gasteiger partial charge in [-0.05, 0) is 25.7 Å². The molecule has 3 N–H and O–H groups in total. The van der Waals surface area contributed by atoms with Crippen LogP contribution in [0.5, 0.6) is 0 Å². The molecule has 1 aliphatic heterocycles. The minimum Gasteiger partial charge on any atom is -0.394 e. The highest BCUT2D eigenvalue weighted by molar-refractivity contribution is 4.87. The largest absolute Gasteiger partial charge is 0.394 e. The third-order valence-corrected chi connectivity index (χ3v) is 4.47. The summed E-state index contributed by atoms with van der Waals surface area (Å²) in [6, 6.07) is 0. The lowest BCUT2D eigenvalue weighted by Crippen LogP contribution is -2.55. The summed E-state index contributed by atoms with van der Waals surface area (Å²) in [5.74, 6) is 0. The van der Waals surface area contributed by atoms with Gasteiger partial charge in [0.2, 0.25) is 0 Å². The summed E-state index contributed by atoms with van der Waals surface area (Å²) >= 11 is 0. The van der Waals surface area contributed by atoms with E-state index in [4.69, 9.17) is 9.47 Å². The van der Waals surface area contributed by atoms with Crippen molar-refractivity contribution in [3.8, 4) is 0 Å². The molecule has 24 heavy (non-hydrogen) atoms. The average Bonchev–Trinajstić information content (AvgIpc) is 2.59. The molecule has 142 valence electrons. The van der Waals surface area contributed by atoms with E-state index < -0.39 is 24.4 Å². The Labute approximate surface area is 146 Å². The lowest BCUT2D eigenvalue weighted by atomic mass is 10.0. The van der Waals surface area contributed by atoms with Crippen LogP contribution in [0.3, 0.4) is 0 Å². The van der Waals surface area contributed by atoms with Gasteiger partial charge in [0.25, 0.3) is 0 Å². The zero-order chi connectivity index (χ0) is 17.6. The number of aliphatic hydroxyl groups is 3. The van der Waals surface area contributed by atoms with Crippen molar-refractivity contribution in [1.29, 1.82) is 0 Å². The van der Waals surface area contributed by atoms with Crippen LogP contribution in [0.4, 0.5) is 0 Å². The lowest BCUT2D eigenvalue weighted by Gasteiger charge is -2.37. The van der Waals surface area contributed by atoms with Crippen molar-refractivity contribution in [1.82, 2.24) is 0 Å². The molecule has 0 radical (unpaired) electrons. The topological polar surface area (TPSA) is 79.2 Å². The van der Waals surface area contributed by atoms with Crippen LogP contribution in [-0.4, -0.2) is 59.6 Å². The van der Waals surface area contributed by atoms with Crippen molar-refractivity contribution in [3.63, 3.8) is 0 Å². The first-order valence-corrected chi connectivity index (χ1v) is 9.55. The molecule has 0 spiro atoms. The van der Waals surface area contributed by atoms with Crippen molar-refractivity contribution in [2.75, 3.05) is 19.8 Å². The highest BCUT2D eigenvalue weighted by Crippen LogP contribution is 2.19. The molecule has 0 amide bonds. The van der Waals surface area contributed by atoms with Crippen LogP contribution < -0.4 is 0 Å². The van der Waals surface area contributed by atoms with Crippen LogP contribution in [0.2, 0.25) is 0 Å². The molecule has 0 aliphatic carbocycles. The Morgan fingerprint density at radius 3 is 2.38 bits per heavy atom. The zero-order valence-corrected chi connectivity index (χ0v) is 15.1. The highest BCUT2D eigenvalue weighted by Gasteiger charge is 2.39. The molecule has 1 fully saturated rings. The van der Waals surface area contributed by atoms with E-state index in [0.29, 0.717) is 6.61 Å². The van der Waals surface area contributed by atoms with E-state index >= 15 is 0 Å². The molecule has 1 heterocycles. The number of rotatable bonds is 13. The summed E-state index contributed by atoms with van der Waals surface area (Å²) in [5, 5.41) is 28.8. The normalized spacial score (nSPS) is 27.8. The Kier molecular flexibility index (Phi) is 12.4. The van der Waals surface area contributed by atoms with Crippen molar-refractivity contribution in [3.05, 3.63) is 12.2 Å². The molecule has 1 saturated heterocycles. The van der Waals surface area contributed by atoms with Crippen LogP contribution in [0, 0.1) is 0 Å². The van der Waals surface area contributed by atoms with E-state index in [0.717, 1.165) is 12.8 Å². The number of hydrogen-bond donors (Lipinski definition) is 3. The van der Waals surface area contributed by atoms with Crippen molar-refractivity contribution in [2.45, 2.75) is 89.1 Å². The first-order valence-electron chi connectivity index (χ1n) is 9.55. The summed E-state index contributed by atoms with van der Waals surface area (Å²) in [5.41, 5.74) is 0. The number of aliphatic hydroxyl groups excluding tert-OH is 3.